The predicted molar refractivity (Wildman–Crippen MR) is 123 cm³/mol. The number of carbonyl (C=O) groups is 3. The highest BCUT2D eigenvalue weighted by atomic mass is 16.4. The van der Waals surface area contributed by atoms with Crippen LogP contribution in [0.4, 0.5) is 17.5 Å². The number of fused-ring (bicyclic) bond motifs is 1. The number of aliphatic carboxylic acids is 2. The number of aryl methyl sites for hydroxylation is 1. The van der Waals surface area contributed by atoms with Gasteiger partial charge in [-0.3, -0.25) is 9.59 Å². The van der Waals surface area contributed by atoms with Gasteiger partial charge < -0.3 is 31.9 Å². The van der Waals surface area contributed by atoms with E-state index < -0.39 is 23.9 Å². The highest BCUT2D eigenvalue weighted by Gasteiger charge is 2.22. The molecule has 34 heavy (non-hydrogen) atoms. The van der Waals surface area contributed by atoms with E-state index in [1.54, 1.807) is 31.2 Å². The lowest BCUT2D eigenvalue weighted by Crippen LogP contribution is -2.41. The third-order valence-corrected chi connectivity index (χ3v) is 5.06. The number of benzene rings is 1. The molecule has 2 aromatic heterocycles. The number of hydrogen-bond acceptors (Lipinski definition) is 10. The standard InChI is InChI=1S/C21H24N8O5/c1-10-14(25-16-17(22)27-21(23)28-18(16)24-10)9-29(2)12-5-3-11(4-6-12)19(32)26-13(20(33)34)7-8-15(30)31/h3-6,13H,7-9H2,1-2H3,(H,26,32)(H,30,31)(H,33,34)(H4,22,23,24,27,28). The molecule has 0 saturated heterocycles. The lowest BCUT2D eigenvalue weighted by Gasteiger charge is -2.20. The average molecular weight is 468 g/mol. The number of hydrogen-bond donors (Lipinski definition) is 5. The van der Waals surface area contributed by atoms with Crippen LogP contribution in [0.25, 0.3) is 11.2 Å². The van der Waals surface area contributed by atoms with E-state index in [9.17, 15) is 19.5 Å². The van der Waals surface area contributed by atoms with Crippen LogP contribution in [-0.4, -0.2) is 61.1 Å². The second kappa shape index (κ2) is 9.94. The summed E-state index contributed by atoms with van der Waals surface area (Å²) in [5, 5.41) is 20.3. The average Bonchev–Trinajstić information content (AvgIpc) is 2.77. The molecule has 1 atom stereocenters. The van der Waals surface area contributed by atoms with Crippen molar-refractivity contribution in [3.05, 3.63) is 41.2 Å². The number of carbonyl (C=O) groups excluding carboxylic acids is 1. The molecule has 178 valence electrons. The Kier molecular flexibility index (Phi) is 7.04. The number of nitrogens with zero attached hydrogens (tertiary/aromatic N) is 5. The van der Waals surface area contributed by atoms with E-state index in [-0.39, 0.29) is 30.2 Å². The maximum absolute atomic E-state index is 12.4. The van der Waals surface area contributed by atoms with Gasteiger partial charge in [-0.1, -0.05) is 0 Å². The number of amides is 1. The molecule has 0 bridgehead atoms. The van der Waals surface area contributed by atoms with Crippen molar-refractivity contribution in [2.75, 3.05) is 23.4 Å². The Balaban J connectivity index is 1.72. The van der Waals surface area contributed by atoms with Crippen LogP contribution < -0.4 is 21.7 Å². The molecule has 7 N–H and O–H groups in total. The van der Waals surface area contributed by atoms with E-state index in [2.05, 4.69) is 25.3 Å². The van der Waals surface area contributed by atoms with Crippen molar-refractivity contribution in [3.8, 4) is 0 Å². The maximum atomic E-state index is 12.4. The predicted octanol–water partition coefficient (Wildman–Crippen LogP) is 0.577. The van der Waals surface area contributed by atoms with Gasteiger partial charge in [-0.2, -0.15) is 9.97 Å². The Labute approximate surface area is 193 Å². The molecule has 0 aliphatic rings. The SMILES string of the molecule is Cc1nc2nc(N)nc(N)c2nc1CN(C)c1ccc(C(=O)NC(CCC(=O)O)C(=O)O)cc1. The summed E-state index contributed by atoms with van der Waals surface area (Å²) in [6, 6.07) is 5.19. The molecule has 0 aliphatic carbocycles. The van der Waals surface area contributed by atoms with Crippen molar-refractivity contribution in [1.29, 1.82) is 0 Å². The van der Waals surface area contributed by atoms with Gasteiger partial charge in [0.15, 0.2) is 17.0 Å². The molecule has 3 aromatic rings. The fraction of sp³-hybridized carbons (Fsp3) is 0.286. The number of anilines is 3. The van der Waals surface area contributed by atoms with Crippen molar-refractivity contribution < 1.29 is 24.6 Å². The maximum Gasteiger partial charge on any atom is 0.326 e. The van der Waals surface area contributed by atoms with Crippen LogP contribution in [0.2, 0.25) is 0 Å². The molecule has 3 rings (SSSR count). The van der Waals surface area contributed by atoms with Gasteiger partial charge in [0.25, 0.3) is 5.91 Å². The van der Waals surface area contributed by atoms with E-state index in [4.69, 9.17) is 16.6 Å². The zero-order chi connectivity index (χ0) is 25.0. The molecule has 13 heteroatoms. The molecule has 1 amide bonds. The van der Waals surface area contributed by atoms with Crippen LogP contribution in [-0.2, 0) is 16.1 Å². The molecule has 1 unspecified atom stereocenters. The Hall–Kier alpha value is -4.55. The van der Waals surface area contributed by atoms with Crippen LogP contribution >= 0.6 is 0 Å². The summed E-state index contributed by atoms with van der Waals surface area (Å²) in [4.78, 5) is 53.2. The van der Waals surface area contributed by atoms with E-state index in [0.29, 0.717) is 29.1 Å². The Morgan fingerprint density at radius 1 is 1.06 bits per heavy atom. The molecule has 0 spiro atoms. The number of nitrogens with one attached hydrogen (secondary N) is 1. The minimum atomic E-state index is -1.30. The van der Waals surface area contributed by atoms with E-state index in [1.807, 2.05) is 11.9 Å². The molecule has 13 nitrogen and oxygen atoms in total. The first-order valence-corrected chi connectivity index (χ1v) is 10.2. The second-order valence-electron chi connectivity index (χ2n) is 7.59. The number of carboxylic acids is 2. The van der Waals surface area contributed by atoms with Crippen LogP contribution in [0.3, 0.4) is 0 Å². The number of nitrogen functional groups attached to an aromatic ring is 2. The number of carboxylic acid groups (broad SMARTS) is 2. The minimum absolute atomic E-state index is 0.0178. The van der Waals surface area contributed by atoms with Gasteiger partial charge in [-0.25, -0.2) is 14.8 Å². The zero-order valence-corrected chi connectivity index (χ0v) is 18.5. The molecule has 1 aromatic carbocycles. The van der Waals surface area contributed by atoms with Crippen molar-refractivity contribution >= 4 is 46.5 Å². The Morgan fingerprint density at radius 2 is 1.74 bits per heavy atom. The monoisotopic (exact) mass is 468 g/mol. The summed E-state index contributed by atoms with van der Waals surface area (Å²) in [7, 11) is 1.83. The number of aromatic nitrogens is 4. The van der Waals surface area contributed by atoms with Crippen molar-refractivity contribution in [3.63, 3.8) is 0 Å². The van der Waals surface area contributed by atoms with Crippen molar-refractivity contribution in [2.45, 2.75) is 32.4 Å². The van der Waals surface area contributed by atoms with Gasteiger partial charge in [0.2, 0.25) is 5.95 Å². The van der Waals surface area contributed by atoms with Crippen LogP contribution in [0.15, 0.2) is 24.3 Å². The highest BCUT2D eigenvalue weighted by molar-refractivity contribution is 5.97. The molecular formula is C21H24N8O5. The molecule has 0 radical (unpaired) electrons. The fourth-order valence-electron chi connectivity index (χ4n) is 3.20. The molecule has 0 fully saturated rings. The Morgan fingerprint density at radius 3 is 2.35 bits per heavy atom. The molecule has 2 heterocycles. The molecule has 0 aliphatic heterocycles. The summed E-state index contributed by atoms with van der Waals surface area (Å²) in [5.41, 5.74) is 14.5. The van der Waals surface area contributed by atoms with Crippen LogP contribution in [0, 0.1) is 6.92 Å². The summed E-state index contributed by atoms with van der Waals surface area (Å²) in [6.07, 6.45) is -0.589. The fourth-order valence-corrected chi connectivity index (χ4v) is 3.20. The van der Waals surface area contributed by atoms with Gasteiger partial charge in [0.1, 0.15) is 6.04 Å². The normalized spacial score (nSPS) is 11.7. The second-order valence-corrected chi connectivity index (χ2v) is 7.59. The van der Waals surface area contributed by atoms with Crippen LogP contribution in [0.1, 0.15) is 34.6 Å². The topological polar surface area (TPSA) is 211 Å². The highest BCUT2D eigenvalue weighted by Crippen LogP contribution is 2.20. The van der Waals surface area contributed by atoms with Gasteiger partial charge in [-0.15, -0.1) is 0 Å². The smallest absolute Gasteiger partial charge is 0.326 e. The van der Waals surface area contributed by atoms with E-state index >= 15 is 0 Å². The van der Waals surface area contributed by atoms with Gasteiger partial charge in [0.05, 0.1) is 17.9 Å². The molecular weight excluding hydrogens is 444 g/mol. The van der Waals surface area contributed by atoms with Crippen molar-refractivity contribution in [2.24, 2.45) is 0 Å². The summed E-state index contributed by atoms with van der Waals surface area (Å²) >= 11 is 0. The van der Waals surface area contributed by atoms with Gasteiger partial charge in [0, 0.05) is 24.7 Å². The largest absolute Gasteiger partial charge is 0.481 e. The summed E-state index contributed by atoms with van der Waals surface area (Å²) in [5.74, 6) is -2.90. The quantitative estimate of drug-likeness (QED) is 0.292. The summed E-state index contributed by atoms with van der Waals surface area (Å²) in [6.45, 7) is 2.17. The number of nitrogens with two attached hydrogens (primary N) is 2. The minimum Gasteiger partial charge on any atom is -0.481 e. The number of rotatable bonds is 9. The first-order chi connectivity index (χ1) is 16.0. The third-order valence-electron chi connectivity index (χ3n) is 5.06. The lowest BCUT2D eigenvalue weighted by molar-refractivity contribution is -0.140. The van der Waals surface area contributed by atoms with E-state index in [0.717, 1.165) is 5.69 Å². The first-order valence-electron chi connectivity index (χ1n) is 10.2. The van der Waals surface area contributed by atoms with Gasteiger partial charge >= 0.3 is 11.9 Å². The van der Waals surface area contributed by atoms with Gasteiger partial charge in [-0.05, 0) is 37.6 Å². The summed E-state index contributed by atoms with van der Waals surface area (Å²) < 4.78 is 0. The Bertz CT molecular complexity index is 1250. The lowest BCUT2D eigenvalue weighted by atomic mass is 10.1. The van der Waals surface area contributed by atoms with E-state index in [1.165, 1.54) is 0 Å². The molecule has 0 saturated carbocycles. The zero-order valence-electron chi connectivity index (χ0n) is 18.5. The van der Waals surface area contributed by atoms with Crippen LogP contribution in [0.5, 0.6) is 0 Å². The third kappa shape index (κ3) is 5.62. The van der Waals surface area contributed by atoms with Crippen molar-refractivity contribution in [1.82, 2.24) is 25.3 Å². The first kappa shape index (κ1) is 24.1.